The van der Waals surface area contributed by atoms with E-state index in [0.717, 1.165) is 54.0 Å². The van der Waals surface area contributed by atoms with Gasteiger partial charge in [-0.2, -0.15) is 10.5 Å². The molecule has 1 aliphatic rings. The van der Waals surface area contributed by atoms with Crippen molar-refractivity contribution in [3.05, 3.63) is 53.1 Å². The highest BCUT2D eigenvalue weighted by Gasteiger charge is 2.26. The van der Waals surface area contributed by atoms with Gasteiger partial charge in [-0.1, -0.05) is 76.6 Å². The van der Waals surface area contributed by atoms with Gasteiger partial charge in [-0.15, -0.1) is 0 Å². The van der Waals surface area contributed by atoms with Crippen molar-refractivity contribution < 1.29 is 4.74 Å². The second-order valence-corrected chi connectivity index (χ2v) is 9.47. The molecule has 0 unspecified atom stereocenters. The summed E-state index contributed by atoms with van der Waals surface area (Å²) in [6, 6.07) is 16.7. The SMILES string of the molecule is CCCCCCC1CCC(c2ccc(-c3ccc(OCCCC)cc3)c(C#N)c2C#N)CC1. The highest BCUT2D eigenvalue weighted by atomic mass is 16.5. The normalized spacial score (nSPS) is 17.8. The smallest absolute Gasteiger partial charge is 0.119 e. The Morgan fingerprint density at radius 1 is 0.788 bits per heavy atom. The van der Waals surface area contributed by atoms with Gasteiger partial charge in [-0.3, -0.25) is 0 Å². The Bertz CT molecular complexity index is 957. The Hall–Kier alpha value is -2.78. The highest BCUT2D eigenvalue weighted by Crippen LogP contribution is 2.41. The van der Waals surface area contributed by atoms with Crippen molar-refractivity contribution in [3.8, 4) is 29.0 Å². The van der Waals surface area contributed by atoms with Crippen LogP contribution in [0.5, 0.6) is 5.75 Å². The maximum absolute atomic E-state index is 9.99. The van der Waals surface area contributed by atoms with Gasteiger partial charge >= 0.3 is 0 Å². The number of rotatable bonds is 11. The van der Waals surface area contributed by atoms with E-state index in [0.29, 0.717) is 23.7 Å². The molecule has 0 saturated heterocycles. The van der Waals surface area contributed by atoms with Crippen molar-refractivity contribution in [1.29, 1.82) is 10.5 Å². The first-order valence-corrected chi connectivity index (χ1v) is 12.9. The van der Waals surface area contributed by atoms with E-state index >= 15 is 0 Å². The summed E-state index contributed by atoms with van der Waals surface area (Å²) < 4.78 is 5.76. The maximum Gasteiger partial charge on any atom is 0.119 e. The molecule has 1 saturated carbocycles. The van der Waals surface area contributed by atoms with Crippen LogP contribution in [-0.4, -0.2) is 6.61 Å². The third kappa shape index (κ3) is 6.61. The predicted octanol–water partition coefficient (Wildman–Crippen LogP) is 8.52. The molecule has 1 aliphatic carbocycles. The van der Waals surface area contributed by atoms with Gasteiger partial charge in [0.2, 0.25) is 0 Å². The molecule has 1 fully saturated rings. The van der Waals surface area contributed by atoms with Gasteiger partial charge in [0.25, 0.3) is 0 Å². The third-order valence-electron chi connectivity index (χ3n) is 7.15. The summed E-state index contributed by atoms with van der Waals surface area (Å²) in [5.41, 5.74) is 3.94. The van der Waals surface area contributed by atoms with Crippen LogP contribution in [0, 0.1) is 28.6 Å². The van der Waals surface area contributed by atoms with Crippen molar-refractivity contribution in [2.24, 2.45) is 5.92 Å². The fourth-order valence-electron chi connectivity index (χ4n) is 5.12. The standard InChI is InChI=1S/C30H38N2O/c1-3-5-7-8-9-23-10-12-24(13-11-23)27-18-19-28(30(22-32)29(27)21-31)25-14-16-26(17-15-25)33-20-6-4-2/h14-19,23-24H,3-13,20H2,1-2H3. The summed E-state index contributed by atoms with van der Waals surface area (Å²) in [5.74, 6) is 2.06. The summed E-state index contributed by atoms with van der Waals surface area (Å²) in [6.45, 7) is 5.12. The Morgan fingerprint density at radius 2 is 1.48 bits per heavy atom. The zero-order valence-corrected chi connectivity index (χ0v) is 20.4. The fraction of sp³-hybridized carbons (Fsp3) is 0.533. The fourth-order valence-corrected chi connectivity index (χ4v) is 5.12. The number of nitrogens with zero attached hydrogens (tertiary/aromatic N) is 2. The quantitative estimate of drug-likeness (QED) is 0.328. The molecular formula is C30H38N2O. The molecule has 0 aromatic heterocycles. The largest absolute Gasteiger partial charge is 0.494 e. The van der Waals surface area contributed by atoms with Crippen molar-refractivity contribution in [2.45, 2.75) is 90.4 Å². The van der Waals surface area contributed by atoms with Crippen molar-refractivity contribution >= 4 is 0 Å². The topological polar surface area (TPSA) is 56.8 Å². The first-order chi connectivity index (χ1) is 16.2. The summed E-state index contributed by atoms with van der Waals surface area (Å²) in [4.78, 5) is 0. The van der Waals surface area contributed by atoms with Crippen LogP contribution < -0.4 is 4.74 Å². The van der Waals surface area contributed by atoms with E-state index < -0.39 is 0 Å². The van der Waals surface area contributed by atoms with E-state index in [1.165, 1.54) is 44.9 Å². The lowest BCUT2D eigenvalue weighted by Crippen LogP contribution is -2.15. The van der Waals surface area contributed by atoms with Crippen LogP contribution in [0.2, 0.25) is 0 Å². The van der Waals surface area contributed by atoms with Crippen LogP contribution in [0.15, 0.2) is 36.4 Å². The van der Waals surface area contributed by atoms with Gasteiger partial charge in [-0.25, -0.2) is 0 Å². The average Bonchev–Trinajstić information content (AvgIpc) is 2.86. The molecular weight excluding hydrogens is 404 g/mol. The summed E-state index contributed by atoms with van der Waals surface area (Å²) >= 11 is 0. The number of benzene rings is 2. The molecule has 0 aliphatic heterocycles. The lowest BCUT2D eigenvalue weighted by atomic mass is 9.75. The molecule has 0 amide bonds. The molecule has 0 heterocycles. The van der Waals surface area contributed by atoms with Crippen LogP contribution in [0.25, 0.3) is 11.1 Å². The Kier molecular flexibility index (Phi) is 9.83. The van der Waals surface area contributed by atoms with E-state index in [1.54, 1.807) is 0 Å². The minimum atomic E-state index is 0.391. The minimum absolute atomic E-state index is 0.391. The lowest BCUT2D eigenvalue weighted by Gasteiger charge is -2.29. The van der Waals surface area contributed by atoms with Crippen LogP contribution >= 0.6 is 0 Å². The number of hydrogen-bond acceptors (Lipinski definition) is 3. The van der Waals surface area contributed by atoms with Gasteiger partial charge in [0.1, 0.15) is 17.9 Å². The van der Waals surface area contributed by atoms with E-state index in [4.69, 9.17) is 4.74 Å². The zero-order chi connectivity index (χ0) is 23.5. The third-order valence-corrected chi connectivity index (χ3v) is 7.15. The van der Waals surface area contributed by atoms with Gasteiger partial charge in [0, 0.05) is 5.56 Å². The molecule has 33 heavy (non-hydrogen) atoms. The zero-order valence-electron chi connectivity index (χ0n) is 20.4. The molecule has 3 nitrogen and oxygen atoms in total. The molecule has 3 heteroatoms. The second kappa shape index (κ2) is 13.1. The first-order valence-electron chi connectivity index (χ1n) is 12.9. The van der Waals surface area contributed by atoms with Crippen LogP contribution in [0.3, 0.4) is 0 Å². The molecule has 3 rings (SSSR count). The van der Waals surface area contributed by atoms with Gasteiger partial charge in [0.15, 0.2) is 0 Å². The molecule has 174 valence electrons. The Balaban J connectivity index is 1.72. The highest BCUT2D eigenvalue weighted by molar-refractivity contribution is 5.75. The monoisotopic (exact) mass is 442 g/mol. The van der Waals surface area contributed by atoms with Crippen molar-refractivity contribution in [2.75, 3.05) is 6.61 Å². The van der Waals surface area contributed by atoms with E-state index in [2.05, 4.69) is 32.1 Å². The van der Waals surface area contributed by atoms with Gasteiger partial charge in [-0.05, 0) is 67.2 Å². The second-order valence-electron chi connectivity index (χ2n) is 9.47. The van der Waals surface area contributed by atoms with Gasteiger partial charge < -0.3 is 4.74 Å². The predicted molar refractivity (Wildman–Crippen MR) is 135 cm³/mol. The molecule has 0 radical (unpaired) electrons. The number of nitriles is 2. The summed E-state index contributed by atoms with van der Waals surface area (Å²) in [7, 11) is 0. The Labute approximate surface area is 200 Å². The van der Waals surface area contributed by atoms with E-state index in [-0.39, 0.29) is 0 Å². The van der Waals surface area contributed by atoms with E-state index in [9.17, 15) is 10.5 Å². The number of ether oxygens (including phenoxy) is 1. The maximum atomic E-state index is 9.99. The lowest BCUT2D eigenvalue weighted by molar-refractivity contribution is 0.302. The molecule has 0 spiro atoms. The first kappa shape index (κ1) is 24.9. The van der Waals surface area contributed by atoms with Crippen LogP contribution in [0.4, 0.5) is 0 Å². The molecule has 2 aromatic carbocycles. The summed E-state index contributed by atoms with van der Waals surface area (Å²) in [6.07, 6.45) is 13.6. The number of unbranched alkanes of at least 4 members (excludes halogenated alkanes) is 4. The van der Waals surface area contributed by atoms with Gasteiger partial charge in [0.05, 0.1) is 17.7 Å². The van der Waals surface area contributed by atoms with E-state index in [1.807, 2.05) is 30.3 Å². The van der Waals surface area contributed by atoms with Crippen molar-refractivity contribution in [1.82, 2.24) is 0 Å². The minimum Gasteiger partial charge on any atom is -0.494 e. The van der Waals surface area contributed by atoms with Crippen LogP contribution in [0.1, 0.15) is 107 Å². The molecule has 0 atom stereocenters. The number of hydrogen-bond donors (Lipinski definition) is 0. The Morgan fingerprint density at radius 3 is 2.12 bits per heavy atom. The van der Waals surface area contributed by atoms with Crippen LogP contribution in [-0.2, 0) is 0 Å². The molecule has 2 aromatic rings. The molecule has 0 N–H and O–H groups in total. The average molecular weight is 443 g/mol. The molecule has 0 bridgehead atoms. The summed E-state index contributed by atoms with van der Waals surface area (Å²) in [5, 5.41) is 20.0. The van der Waals surface area contributed by atoms with Crippen molar-refractivity contribution in [3.63, 3.8) is 0 Å².